The number of esters is 1. The Morgan fingerprint density at radius 3 is 2.15 bits per heavy atom. The number of nitrogens with zero attached hydrogens (tertiary/aromatic N) is 2. The predicted octanol–water partition coefficient (Wildman–Crippen LogP) is 4.79. The first-order chi connectivity index (χ1) is 19.2. The number of nitro benzene ring substituents is 1. The van der Waals surface area contributed by atoms with Crippen LogP contribution >= 0.6 is 0 Å². The summed E-state index contributed by atoms with van der Waals surface area (Å²) in [6.07, 6.45) is 0. The number of rotatable bonds is 9. The number of ether oxygens (including phenoxy) is 3. The summed E-state index contributed by atoms with van der Waals surface area (Å²) >= 11 is 0. The molecule has 0 aliphatic carbocycles. The van der Waals surface area contributed by atoms with Crippen molar-refractivity contribution in [2.75, 3.05) is 31.9 Å². The van der Waals surface area contributed by atoms with Crippen molar-refractivity contribution in [1.82, 2.24) is 0 Å². The lowest BCUT2D eigenvalue weighted by Crippen LogP contribution is -2.21. The third-order valence-corrected chi connectivity index (χ3v) is 5.80. The number of hydrogen-bond acceptors (Lipinski definition) is 10. The van der Waals surface area contributed by atoms with E-state index in [1.807, 2.05) is 0 Å². The van der Waals surface area contributed by atoms with Gasteiger partial charge in [-0.1, -0.05) is 12.1 Å². The number of carbonyl (C=O) groups excluding carboxylic acids is 2. The van der Waals surface area contributed by atoms with E-state index in [9.17, 15) is 25.0 Å². The SMILES string of the molecule is COc1ccc(-c2oc(NC(=O)COC(=O)c3ccc(N)c([N+](=O)[O-])c3)c(C#N)c2-c2ccc(OC)cc2)cc1. The summed E-state index contributed by atoms with van der Waals surface area (Å²) in [5.41, 5.74) is 6.51. The lowest BCUT2D eigenvalue weighted by atomic mass is 9.98. The highest BCUT2D eigenvalue weighted by molar-refractivity contribution is 5.98. The first-order valence-corrected chi connectivity index (χ1v) is 11.6. The average Bonchev–Trinajstić information content (AvgIpc) is 3.33. The Morgan fingerprint density at radius 2 is 1.60 bits per heavy atom. The standard InChI is InChI=1S/C28H22N4O8/c1-37-19-8-3-16(4-9-19)25-21(14-29)27(40-26(25)17-5-10-20(38-2)11-6-17)31-24(33)15-39-28(34)18-7-12-22(30)23(13-18)32(35)36/h3-13H,15,30H2,1-2H3,(H,31,33). The number of nitro groups is 1. The molecule has 202 valence electrons. The quantitative estimate of drug-likeness (QED) is 0.129. The van der Waals surface area contributed by atoms with Crippen molar-refractivity contribution in [3.8, 4) is 40.0 Å². The molecule has 0 radical (unpaired) electrons. The number of nitrogens with one attached hydrogen (secondary N) is 1. The van der Waals surface area contributed by atoms with Gasteiger partial charge in [0.1, 0.15) is 34.6 Å². The maximum absolute atomic E-state index is 12.7. The molecule has 0 saturated carbocycles. The molecule has 3 aromatic carbocycles. The van der Waals surface area contributed by atoms with Gasteiger partial charge < -0.3 is 24.4 Å². The molecule has 0 aliphatic rings. The molecule has 0 unspecified atom stereocenters. The molecule has 0 spiro atoms. The summed E-state index contributed by atoms with van der Waals surface area (Å²) in [7, 11) is 3.07. The van der Waals surface area contributed by atoms with Crippen LogP contribution in [0.4, 0.5) is 17.3 Å². The molecule has 0 aliphatic heterocycles. The summed E-state index contributed by atoms with van der Waals surface area (Å²) in [6.45, 7) is -0.752. The summed E-state index contributed by atoms with van der Waals surface area (Å²) in [5.74, 6) is -0.390. The van der Waals surface area contributed by atoms with Crippen LogP contribution in [0.1, 0.15) is 15.9 Å². The van der Waals surface area contributed by atoms with Gasteiger partial charge in [-0.15, -0.1) is 0 Å². The summed E-state index contributed by atoms with van der Waals surface area (Å²) in [4.78, 5) is 35.4. The normalized spacial score (nSPS) is 10.3. The maximum Gasteiger partial charge on any atom is 0.338 e. The van der Waals surface area contributed by atoms with Gasteiger partial charge in [-0.25, -0.2) is 4.79 Å². The number of anilines is 2. The molecule has 0 fully saturated rings. The molecule has 0 atom stereocenters. The molecule has 0 bridgehead atoms. The molecule has 1 amide bonds. The Hall–Kier alpha value is -5.83. The van der Waals surface area contributed by atoms with Gasteiger partial charge in [0.2, 0.25) is 5.88 Å². The van der Waals surface area contributed by atoms with Crippen molar-refractivity contribution in [1.29, 1.82) is 5.26 Å². The lowest BCUT2D eigenvalue weighted by molar-refractivity contribution is -0.383. The zero-order valence-electron chi connectivity index (χ0n) is 21.3. The largest absolute Gasteiger partial charge is 0.497 e. The molecule has 4 aromatic rings. The number of amides is 1. The molecular formula is C28H22N4O8. The summed E-state index contributed by atoms with van der Waals surface area (Å²) in [6, 6.07) is 19.3. The fourth-order valence-corrected chi connectivity index (χ4v) is 3.81. The monoisotopic (exact) mass is 542 g/mol. The van der Waals surface area contributed by atoms with Crippen molar-refractivity contribution in [3.05, 3.63) is 88.0 Å². The molecular weight excluding hydrogens is 520 g/mol. The number of methoxy groups -OCH3 is 2. The topological polar surface area (TPSA) is 180 Å². The highest BCUT2D eigenvalue weighted by Gasteiger charge is 2.25. The number of furan rings is 1. The van der Waals surface area contributed by atoms with Crippen LogP contribution < -0.4 is 20.5 Å². The minimum Gasteiger partial charge on any atom is -0.497 e. The van der Waals surface area contributed by atoms with E-state index in [1.54, 1.807) is 48.5 Å². The Bertz CT molecular complexity index is 1620. The van der Waals surface area contributed by atoms with Crippen LogP contribution in [0.2, 0.25) is 0 Å². The second-order valence-corrected chi connectivity index (χ2v) is 8.23. The molecule has 0 saturated heterocycles. The van der Waals surface area contributed by atoms with Gasteiger partial charge in [-0.3, -0.25) is 20.2 Å². The van der Waals surface area contributed by atoms with Gasteiger partial charge in [0.25, 0.3) is 11.6 Å². The van der Waals surface area contributed by atoms with E-state index in [2.05, 4.69) is 11.4 Å². The predicted molar refractivity (Wildman–Crippen MR) is 144 cm³/mol. The van der Waals surface area contributed by atoms with Crippen molar-refractivity contribution in [2.24, 2.45) is 0 Å². The number of carbonyl (C=O) groups is 2. The number of nitrogens with two attached hydrogens (primary N) is 1. The molecule has 12 nitrogen and oxygen atoms in total. The van der Waals surface area contributed by atoms with E-state index in [1.165, 1.54) is 26.4 Å². The van der Waals surface area contributed by atoms with E-state index in [0.717, 1.165) is 6.07 Å². The number of benzene rings is 3. The third kappa shape index (κ3) is 5.68. The van der Waals surface area contributed by atoms with Crippen molar-refractivity contribution < 1.29 is 33.1 Å². The van der Waals surface area contributed by atoms with Gasteiger partial charge in [0.05, 0.1) is 24.7 Å². The van der Waals surface area contributed by atoms with E-state index in [0.29, 0.717) is 33.9 Å². The molecule has 1 aromatic heterocycles. The molecule has 12 heteroatoms. The minimum absolute atomic E-state index is 0.0461. The smallest absolute Gasteiger partial charge is 0.338 e. The van der Waals surface area contributed by atoms with Gasteiger partial charge in [-0.2, -0.15) is 5.26 Å². The molecule has 3 N–H and O–H groups in total. The zero-order chi connectivity index (χ0) is 28.8. The Kier molecular flexibility index (Phi) is 7.96. The van der Waals surface area contributed by atoms with Crippen LogP contribution in [-0.4, -0.2) is 37.6 Å². The van der Waals surface area contributed by atoms with Gasteiger partial charge in [-0.05, 0) is 54.1 Å². The van der Waals surface area contributed by atoms with Crippen molar-refractivity contribution in [3.63, 3.8) is 0 Å². The Balaban J connectivity index is 1.61. The highest BCUT2D eigenvalue weighted by atomic mass is 16.6. The molecule has 40 heavy (non-hydrogen) atoms. The number of nitrogen functional groups attached to an aromatic ring is 1. The molecule has 1 heterocycles. The van der Waals surface area contributed by atoms with Gasteiger partial charge in [0.15, 0.2) is 6.61 Å². The van der Waals surface area contributed by atoms with Crippen LogP contribution in [0.25, 0.3) is 22.5 Å². The van der Waals surface area contributed by atoms with Crippen molar-refractivity contribution >= 4 is 29.1 Å². The van der Waals surface area contributed by atoms with Crippen LogP contribution in [0.5, 0.6) is 11.5 Å². The van der Waals surface area contributed by atoms with E-state index >= 15 is 0 Å². The Labute approximate surface area is 227 Å². The fourth-order valence-electron chi connectivity index (χ4n) is 3.81. The van der Waals surface area contributed by atoms with Crippen LogP contribution in [0.15, 0.2) is 71.1 Å². The van der Waals surface area contributed by atoms with E-state index in [-0.39, 0.29) is 22.7 Å². The average molecular weight is 543 g/mol. The second kappa shape index (κ2) is 11.7. The first-order valence-electron chi connectivity index (χ1n) is 11.6. The lowest BCUT2D eigenvalue weighted by Gasteiger charge is -2.06. The van der Waals surface area contributed by atoms with Gasteiger partial charge >= 0.3 is 5.97 Å². The van der Waals surface area contributed by atoms with Crippen LogP contribution in [0, 0.1) is 21.4 Å². The minimum atomic E-state index is -0.976. The Morgan fingerprint density at radius 1 is 1.00 bits per heavy atom. The van der Waals surface area contributed by atoms with Crippen LogP contribution in [0.3, 0.4) is 0 Å². The van der Waals surface area contributed by atoms with Crippen LogP contribution in [-0.2, 0) is 9.53 Å². The summed E-state index contributed by atoms with van der Waals surface area (Å²) in [5, 5.41) is 23.6. The van der Waals surface area contributed by atoms with Gasteiger partial charge in [0, 0.05) is 17.2 Å². The molecule has 4 rings (SSSR count). The number of nitriles is 1. The zero-order valence-corrected chi connectivity index (χ0v) is 21.3. The second-order valence-electron chi connectivity index (χ2n) is 8.23. The third-order valence-electron chi connectivity index (χ3n) is 5.80. The van der Waals surface area contributed by atoms with E-state index < -0.39 is 29.1 Å². The van der Waals surface area contributed by atoms with Crippen molar-refractivity contribution in [2.45, 2.75) is 0 Å². The van der Waals surface area contributed by atoms with E-state index in [4.69, 9.17) is 24.4 Å². The first kappa shape index (κ1) is 27.2. The summed E-state index contributed by atoms with van der Waals surface area (Å²) < 4.78 is 21.4. The fraction of sp³-hybridized carbons (Fsp3) is 0.107. The number of hydrogen-bond donors (Lipinski definition) is 2. The highest BCUT2D eigenvalue weighted by Crippen LogP contribution is 2.42. The maximum atomic E-state index is 12.7.